The molecule has 110 valence electrons. The van der Waals surface area contributed by atoms with Crippen LogP contribution in [0.2, 0.25) is 0 Å². The molecular weight excluding hydrogens is 256 g/mol. The zero-order valence-electron chi connectivity index (χ0n) is 12.1. The lowest BCUT2D eigenvalue weighted by Gasteiger charge is -2.15. The first-order valence-corrected chi connectivity index (χ1v) is 6.62. The molecule has 20 heavy (non-hydrogen) atoms. The molecule has 1 rings (SSSR count). The van der Waals surface area contributed by atoms with Crippen LogP contribution in [-0.2, 0) is 16.1 Å². The lowest BCUT2D eigenvalue weighted by molar-refractivity contribution is -0.127. The minimum atomic E-state index is -0.596. The zero-order valence-corrected chi connectivity index (χ0v) is 12.1. The van der Waals surface area contributed by atoms with E-state index in [0.29, 0.717) is 6.54 Å². The van der Waals surface area contributed by atoms with Crippen LogP contribution in [0.25, 0.3) is 0 Å². The molecule has 2 amide bonds. The first-order chi connectivity index (χ1) is 9.41. The van der Waals surface area contributed by atoms with Gasteiger partial charge in [0.25, 0.3) is 0 Å². The van der Waals surface area contributed by atoms with Gasteiger partial charge in [0.15, 0.2) is 0 Å². The van der Waals surface area contributed by atoms with E-state index in [-0.39, 0.29) is 24.3 Å². The second-order valence-electron chi connectivity index (χ2n) is 5.03. The Hall–Kier alpha value is -1.95. The van der Waals surface area contributed by atoms with E-state index in [1.54, 1.807) is 6.20 Å². The number of nitrogens with one attached hydrogen (secondary N) is 2. The van der Waals surface area contributed by atoms with Gasteiger partial charge in [-0.1, -0.05) is 19.9 Å². The highest BCUT2D eigenvalue weighted by Crippen LogP contribution is 2.02. The van der Waals surface area contributed by atoms with E-state index in [2.05, 4.69) is 15.6 Å². The fourth-order valence-electron chi connectivity index (χ4n) is 1.54. The minimum Gasteiger partial charge on any atom is -0.349 e. The maximum absolute atomic E-state index is 11.6. The Morgan fingerprint density at radius 2 is 2.05 bits per heavy atom. The van der Waals surface area contributed by atoms with E-state index in [9.17, 15) is 9.59 Å². The first-order valence-electron chi connectivity index (χ1n) is 6.62. The third-order valence-corrected chi connectivity index (χ3v) is 3.02. The van der Waals surface area contributed by atoms with Crippen LogP contribution >= 0.6 is 0 Å². The Bertz CT molecular complexity index is 474. The molecule has 0 unspecified atom stereocenters. The SMILES string of the molecule is Cc1cccnc1CNC(=O)CNC(=O)[C@@H](N)C(C)C. The Balaban J connectivity index is 2.35. The summed E-state index contributed by atoms with van der Waals surface area (Å²) in [6.07, 6.45) is 1.68. The first kappa shape index (κ1) is 16.1. The van der Waals surface area contributed by atoms with E-state index in [0.717, 1.165) is 11.3 Å². The van der Waals surface area contributed by atoms with Gasteiger partial charge < -0.3 is 16.4 Å². The van der Waals surface area contributed by atoms with Crippen LogP contribution in [0, 0.1) is 12.8 Å². The van der Waals surface area contributed by atoms with Crippen LogP contribution in [0.5, 0.6) is 0 Å². The molecule has 1 aromatic heterocycles. The highest BCUT2D eigenvalue weighted by Gasteiger charge is 2.17. The van der Waals surface area contributed by atoms with Crippen LogP contribution in [0.15, 0.2) is 18.3 Å². The van der Waals surface area contributed by atoms with Crippen molar-refractivity contribution in [3.8, 4) is 0 Å². The number of hydrogen-bond acceptors (Lipinski definition) is 4. The lowest BCUT2D eigenvalue weighted by Crippen LogP contribution is -2.47. The van der Waals surface area contributed by atoms with Gasteiger partial charge in [-0.2, -0.15) is 0 Å². The predicted molar refractivity (Wildman–Crippen MR) is 76.6 cm³/mol. The summed E-state index contributed by atoms with van der Waals surface area (Å²) in [6.45, 7) is 5.91. The van der Waals surface area contributed by atoms with Gasteiger partial charge in [0.2, 0.25) is 11.8 Å². The largest absolute Gasteiger partial charge is 0.349 e. The molecule has 0 aliphatic carbocycles. The summed E-state index contributed by atoms with van der Waals surface area (Å²) in [5.41, 5.74) is 7.50. The van der Waals surface area contributed by atoms with Gasteiger partial charge in [0, 0.05) is 6.20 Å². The number of carbonyl (C=O) groups is 2. The van der Waals surface area contributed by atoms with Crippen LogP contribution in [-0.4, -0.2) is 29.4 Å². The van der Waals surface area contributed by atoms with Crippen molar-refractivity contribution in [2.24, 2.45) is 11.7 Å². The summed E-state index contributed by atoms with van der Waals surface area (Å²) >= 11 is 0. The van der Waals surface area contributed by atoms with Crippen LogP contribution in [0.3, 0.4) is 0 Å². The molecule has 6 nitrogen and oxygen atoms in total. The summed E-state index contributed by atoms with van der Waals surface area (Å²) < 4.78 is 0. The summed E-state index contributed by atoms with van der Waals surface area (Å²) in [6, 6.07) is 3.17. The number of pyridine rings is 1. The lowest BCUT2D eigenvalue weighted by atomic mass is 10.1. The average molecular weight is 278 g/mol. The molecule has 4 N–H and O–H groups in total. The third kappa shape index (κ3) is 4.97. The molecule has 0 bridgehead atoms. The molecule has 1 heterocycles. The summed E-state index contributed by atoms with van der Waals surface area (Å²) in [5, 5.41) is 5.22. The van der Waals surface area contributed by atoms with Crippen molar-refractivity contribution < 1.29 is 9.59 Å². The highest BCUT2D eigenvalue weighted by molar-refractivity contribution is 5.87. The minimum absolute atomic E-state index is 0.0363. The predicted octanol–water partition coefficient (Wildman–Crippen LogP) is 0.106. The van der Waals surface area contributed by atoms with Crippen molar-refractivity contribution in [1.82, 2.24) is 15.6 Å². The number of nitrogens with two attached hydrogens (primary N) is 1. The molecule has 0 saturated carbocycles. The van der Waals surface area contributed by atoms with Crippen LogP contribution < -0.4 is 16.4 Å². The Labute approximate surface area is 119 Å². The molecule has 1 aromatic rings. The molecular formula is C14H22N4O2. The van der Waals surface area contributed by atoms with Gasteiger partial charge in [0.1, 0.15) is 0 Å². The molecule has 0 fully saturated rings. The molecule has 0 aromatic carbocycles. The summed E-state index contributed by atoms with van der Waals surface area (Å²) in [5.74, 6) is -0.544. The second-order valence-corrected chi connectivity index (χ2v) is 5.03. The monoisotopic (exact) mass is 278 g/mol. The van der Waals surface area contributed by atoms with Gasteiger partial charge in [0.05, 0.1) is 24.8 Å². The van der Waals surface area contributed by atoms with Crippen molar-refractivity contribution in [2.45, 2.75) is 33.4 Å². The number of amides is 2. The maximum Gasteiger partial charge on any atom is 0.239 e. The smallest absolute Gasteiger partial charge is 0.239 e. The highest BCUT2D eigenvalue weighted by atomic mass is 16.2. The standard InChI is InChI=1S/C14H22N4O2/c1-9(2)13(15)14(20)18-8-12(19)17-7-11-10(3)5-4-6-16-11/h4-6,9,13H,7-8,15H2,1-3H3,(H,17,19)(H,18,20)/t13-/m0/s1. The third-order valence-electron chi connectivity index (χ3n) is 3.02. The molecule has 0 saturated heterocycles. The summed E-state index contributed by atoms with van der Waals surface area (Å²) in [4.78, 5) is 27.4. The quantitative estimate of drug-likeness (QED) is 0.688. The van der Waals surface area contributed by atoms with E-state index >= 15 is 0 Å². The molecule has 0 radical (unpaired) electrons. The Morgan fingerprint density at radius 3 is 2.65 bits per heavy atom. The number of aromatic nitrogens is 1. The van der Waals surface area contributed by atoms with Gasteiger partial charge in [-0.25, -0.2) is 0 Å². The number of hydrogen-bond donors (Lipinski definition) is 3. The van der Waals surface area contributed by atoms with Crippen molar-refractivity contribution in [3.63, 3.8) is 0 Å². The van der Waals surface area contributed by atoms with Crippen LogP contribution in [0.4, 0.5) is 0 Å². The molecule has 0 spiro atoms. The van der Waals surface area contributed by atoms with Crippen molar-refractivity contribution in [2.75, 3.05) is 6.54 Å². The normalized spacial score (nSPS) is 12.1. The number of carbonyl (C=O) groups excluding carboxylic acids is 2. The maximum atomic E-state index is 11.6. The zero-order chi connectivity index (χ0) is 15.1. The van der Waals surface area contributed by atoms with Crippen molar-refractivity contribution >= 4 is 11.8 Å². The molecule has 6 heteroatoms. The van der Waals surface area contributed by atoms with Gasteiger partial charge >= 0.3 is 0 Å². The van der Waals surface area contributed by atoms with Crippen molar-refractivity contribution in [1.29, 1.82) is 0 Å². The van der Waals surface area contributed by atoms with Gasteiger partial charge in [-0.15, -0.1) is 0 Å². The Kier molecular flexibility index (Phi) is 6.11. The fourth-order valence-corrected chi connectivity index (χ4v) is 1.54. The number of nitrogens with zero attached hydrogens (tertiary/aromatic N) is 1. The number of rotatable bonds is 6. The van der Waals surface area contributed by atoms with E-state index in [4.69, 9.17) is 5.73 Å². The number of aryl methyl sites for hydroxylation is 1. The van der Waals surface area contributed by atoms with E-state index in [1.165, 1.54) is 0 Å². The summed E-state index contributed by atoms with van der Waals surface area (Å²) in [7, 11) is 0. The molecule has 0 aliphatic heterocycles. The molecule has 0 aliphatic rings. The van der Waals surface area contributed by atoms with Gasteiger partial charge in [-0.3, -0.25) is 14.6 Å². The molecule has 1 atom stereocenters. The fraction of sp³-hybridized carbons (Fsp3) is 0.500. The topological polar surface area (TPSA) is 97.1 Å². The Morgan fingerprint density at radius 1 is 1.35 bits per heavy atom. The van der Waals surface area contributed by atoms with E-state index in [1.807, 2.05) is 32.9 Å². The van der Waals surface area contributed by atoms with Crippen LogP contribution in [0.1, 0.15) is 25.1 Å². The second kappa shape index (κ2) is 7.59. The average Bonchev–Trinajstić information content (AvgIpc) is 2.42. The van der Waals surface area contributed by atoms with E-state index < -0.39 is 6.04 Å². The van der Waals surface area contributed by atoms with Gasteiger partial charge in [-0.05, 0) is 24.5 Å². The van der Waals surface area contributed by atoms with Crippen molar-refractivity contribution in [3.05, 3.63) is 29.6 Å².